The molecule has 18 heavy (non-hydrogen) atoms. The third-order valence-electron chi connectivity index (χ3n) is 2.95. The largest absolute Gasteiger partial charge is 0.346 e. The van der Waals surface area contributed by atoms with Crippen molar-refractivity contribution in [3.63, 3.8) is 0 Å². The van der Waals surface area contributed by atoms with Crippen LogP contribution in [0.5, 0.6) is 0 Å². The topological polar surface area (TPSA) is 40.6 Å². The van der Waals surface area contributed by atoms with Crippen LogP contribution in [0.15, 0.2) is 0 Å². The summed E-state index contributed by atoms with van der Waals surface area (Å²) in [7, 11) is 1.84. The van der Waals surface area contributed by atoms with E-state index in [2.05, 4.69) is 13.8 Å². The average molecular weight is 256 g/mol. The van der Waals surface area contributed by atoms with Crippen molar-refractivity contribution >= 4 is 11.8 Å². The fourth-order valence-electron chi connectivity index (χ4n) is 1.93. The van der Waals surface area contributed by atoms with Crippen LogP contribution in [0, 0.1) is 0 Å². The first-order valence-electron chi connectivity index (χ1n) is 7.08. The molecule has 0 saturated carbocycles. The van der Waals surface area contributed by atoms with Gasteiger partial charge in [-0.25, -0.2) is 0 Å². The van der Waals surface area contributed by atoms with E-state index < -0.39 is 0 Å². The standard InChI is InChI=1S/C14H28N2O2/c1-5-10-15(4)14(18)9-8-12-16(11-6-2)13(17)7-3/h5-12H2,1-4H3. The smallest absolute Gasteiger partial charge is 0.222 e. The molecule has 0 atom stereocenters. The maximum Gasteiger partial charge on any atom is 0.222 e. The van der Waals surface area contributed by atoms with Crippen molar-refractivity contribution in [2.45, 2.75) is 52.9 Å². The van der Waals surface area contributed by atoms with Crippen LogP contribution in [-0.4, -0.2) is 48.3 Å². The molecular weight excluding hydrogens is 228 g/mol. The number of carbonyl (C=O) groups is 2. The summed E-state index contributed by atoms with van der Waals surface area (Å²) < 4.78 is 0. The molecule has 0 aliphatic heterocycles. The first kappa shape index (κ1) is 16.9. The molecule has 0 aromatic rings. The molecule has 0 rings (SSSR count). The number of hydrogen-bond acceptors (Lipinski definition) is 2. The van der Waals surface area contributed by atoms with Gasteiger partial charge in [-0.1, -0.05) is 20.8 Å². The number of amides is 2. The van der Waals surface area contributed by atoms with Gasteiger partial charge in [-0.15, -0.1) is 0 Å². The fraction of sp³-hybridized carbons (Fsp3) is 0.857. The van der Waals surface area contributed by atoms with Gasteiger partial charge >= 0.3 is 0 Å². The molecule has 0 spiro atoms. The van der Waals surface area contributed by atoms with E-state index in [-0.39, 0.29) is 11.8 Å². The third kappa shape index (κ3) is 6.62. The van der Waals surface area contributed by atoms with Gasteiger partial charge in [-0.2, -0.15) is 0 Å². The van der Waals surface area contributed by atoms with Crippen molar-refractivity contribution in [2.75, 3.05) is 26.7 Å². The van der Waals surface area contributed by atoms with E-state index in [1.165, 1.54) is 0 Å². The first-order valence-corrected chi connectivity index (χ1v) is 7.08. The number of nitrogens with zero attached hydrogens (tertiary/aromatic N) is 2. The van der Waals surface area contributed by atoms with Gasteiger partial charge in [0, 0.05) is 39.5 Å². The molecule has 0 bridgehead atoms. The van der Waals surface area contributed by atoms with Crippen LogP contribution in [0.25, 0.3) is 0 Å². The van der Waals surface area contributed by atoms with E-state index in [9.17, 15) is 9.59 Å². The normalized spacial score (nSPS) is 10.2. The van der Waals surface area contributed by atoms with E-state index in [1.807, 2.05) is 18.9 Å². The SMILES string of the molecule is CCCN(C)C(=O)CCCN(CCC)C(=O)CC. The molecule has 0 aromatic heterocycles. The average Bonchev–Trinajstić information content (AvgIpc) is 2.36. The van der Waals surface area contributed by atoms with Crippen LogP contribution in [0.2, 0.25) is 0 Å². The lowest BCUT2D eigenvalue weighted by molar-refractivity contribution is -0.133. The summed E-state index contributed by atoms with van der Waals surface area (Å²) in [5.74, 6) is 0.364. The minimum atomic E-state index is 0.178. The lowest BCUT2D eigenvalue weighted by Crippen LogP contribution is -2.33. The Morgan fingerprint density at radius 1 is 0.889 bits per heavy atom. The summed E-state index contributed by atoms with van der Waals surface area (Å²) >= 11 is 0. The zero-order valence-electron chi connectivity index (χ0n) is 12.4. The highest BCUT2D eigenvalue weighted by Crippen LogP contribution is 2.02. The molecule has 0 fully saturated rings. The van der Waals surface area contributed by atoms with Gasteiger partial charge in [0.2, 0.25) is 11.8 Å². The molecule has 4 heteroatoms. The molecule has 0 aromatic carbocycles. The summed E-state index contributed by atoms with van der Waals surface area (Å²) in [5, 5.41) is 0. The van der Waals surface area contributed by atoms with Gasteiger partial charge in [0.15, 0.2) is 0 Å². The van der Waals surface area contributed by atoms with Gasteiger partial charge in [0.1, 0.15) is 0 Å². The van der Waals surface area contributed by atoms with Crippen LogP contribution in [0.4, 0.5) is 0 Å². The van der Waals surface area contributed by atoms with Crippen molar-refractivity contribution < 1.29 is 9.59 Å². The minimum absolute atomic E-state index is 0.178. The summed E-state index contributed by atoms with van der Waals surface area (Å²) in [6, 6.07) is 0. The molecule has 0 heterocycles. The maximum absolute atomic E-state index is 11.7. The Bertz CT molecular complexity index is 254. The Morgan fingerprint density at radius 3 is 2.00 bits per heavy atom. The Kier molecular flexibility index (Phi) is 9.33. The molecule has 0 saturated heterocycles. The highest BCUT2D eigenvalue weighted by Gasteiger charge is 2.12. The van der Waals surface area contributed by atoms with Gasteiger partial charge < -0.3 is 9.80 Å². The summed E-state index contributed by atoms with van der Waals surface area (Å²) in [6.07, 6.45) is 3.80. The zero-order valence-corrected chi connectivity index (χ0v) is 12.4. The molecule has 0 unspecified atom stereocenters. The van der Waals surface area contributed by atoms with Crippen LogP contribution < -0.4 is 0 Å². The van der Waals surface area contributed by atoms with Gasteiger partial charge in [0.25, 0.3) is 0 Å². The van der Waals surface area contributed by atoms with E-state index in [0.717, 1.165) is 32.4 Å². The van der Waals surface area contributed by atoms with Gasteiger partial charge in [-0.05, 0) is 19.3 Å². The molecule has 106 valence electrons. The summed E-state index contributed by atoms with van der Waals surface area (Å²) in [5.41, 5.74) is 0. The predicted octanol–water partition coefficient (Wildman–Crippen LogP) is 2.28. The zero-order chi connectivity index (χ0) is 14.0. The summed E-state index contributed by atoms with van der Waals surface area (Å²) in [4.78, 5) is 27.0. The van der Waals surface area contributed by atoms with Crippen LogP contribution in [0.3, 0.4) is 0 Å². The van der Waals surface area contributed by atoms with Crippen molar-refractivity contribution in [1.29, 1.82) is 0 Å². The second-order valence-electron chi connectivity index (χ2n) is 4.65. The lowest BCUT2D eigenvalue weighted by Gasteiger charge is -2.22. The number of hydrogen-bond donors (Lipinski definition) is 0. The van der Waals surface area contributed by atoms with Gasteiger partial charge in [0.05, 0.1) is 0 Å². The van der Waals surface area contributed by atoms with E-state index in [1.54, 1.807) is 4.90 Å². The van der Waals surface area contributed by atoms with Crippen LogP contribution in [-0.2, 0) is 9.59 Å². The Hall–Kier alpha value is -1.06. The van der Waals surface area contributed by atoms with Crippen molar-refractivity contribution in [3.05, 3.63) is 0 Å². The number of rotatable bonds is 9. The van der Waals surface area contributed by atoms with Crippen molar-refractivity contribution in [3.8, 4) is 0 Å². The van der Waals surface area contributed by atoms with Crippen LogP contribution in [0.1, 0.15) is 52.9 Å². The van der Waals surface area contributed by atoms with E-state index >= 15 is 0 Å². The minimum Gasteiger partial charge on any atom is -0.346 e. The van der Waals surface area contributed by atoms with Crippen LogP contribution >= 0.6 is 0 Å². The second-order valence-corrected chi connectivity index (χ2v) is 4.65. The monoisotopic (exact) mass is 256 g/mol. The first-order chi connectivity index (χ1) is 8.56. The quantitative estimate of drug-likeness (QED) is 0.635. The highest BCUT2D eigenvalue weighted by atomic mass is 16.2. The Balaban J connectivity index is 3.98. The molecule has 0 aliphatic carbocycles. The third-order valence-corrected chi connectivity index (χ3v) is 2.95. The molecule has 2 amide bonds. The van der Waals surface area contributed by atoms with Crippen molar-refractivity contribution in [2.24, 2.45) is 0 Å². The number of carbonyl (C=O) groups excluding carboxylic acids is 2. The Labute approximate surface area is 111 Å². The molecule has 4 nitrogen and oxygen atoms in total. The Morgan fingerprint density at radius 2 is 1.50 bits per heavy atom. The van der Waals surface area contributed by atoms with E-state index in [0.29, 0.717) is 19.4 Å². The predicted molar refractivity (Wildman–Crippen MR) is 74.3 cm³/mol. The lowest BCUT2D eigenvalue weighted by atomic mass is 10.2. The van der Waals surface area contributed by atoms with E-state index in [4.69, 9.17) is 0 Å². The molecule has 0 N–H and O–H groups in total. The summed E-state index contributed by atoms with van der Waals surface area (Å²) in [6.45, 7) is 8.32. The fourth-order valence-corrected chi connectivity index (χ4v) is 1.93. The maximum atomic E-state index is 11.7. The van der Waals surface area contributed by atoms with Crippen molar-refractivity contribution in [1.82, 2.24) is 9.80 Å². The molecule has 0 radical (unpaired) electrons. The molecule has 0 aliphatic rings. The highest BCUT2D eigenvalue weighted by molar-refractivity contribution is 5.77. The second kappa shape index (κ2) is 9.92. The van der Waals surface area contributed by atoms with Gasteiger partial charge in [-0.3, -0.25) is 9.59 Å². The molecular formula is C14H28N2O2.